The number of benzene rings is 1. The fourth-order valence-electron chi connectivity index (χ4n) is 4.07. The van der Waals surface area contributed by atoms with E-state index in [0.29, 0.717) is 6.54 Å². The lowest BCUT2D eigenvalue weighted by atomic mass is 9.75. The predicted molar refractivity (Wildman–Crippen MR) is 88.4 cm³/mol. The summed E-state index contributed by atoms with van der Waals surface area (Å²) in [6.45, 7) is 3.11. The van der Waals surface area contributed by atoms with Crippen LogP contribution in [0.15, 0.2) is 23.1 Å². The van der Waals surface area contributed by atoms with Gasteiger partial charge in [0.05, 0.1) is 0 Å². The van der Waals surface area contributed by atoms with Crippen LogP contribution >= 0.6 is 11.8 Å². The molecule has 3 heteroatoms. The van der Waals surface area contributed by atoms with Crippen LogP contribution in [0.4, 0.5) is 5.69 Å². The van der Waals surface area contributed by atoms with Gasteiger partial charge in [-0.05, 0) is 43.1 Å². The monoisotopic (exact) mass is 290 g/mol. The molecular weight excluding hydrogens is 264 g/mol. The quantitative estimate of drug-likeness (QED) is 0.857. The second-order valence-corrected chi connectivity index (χ2v) is 7.05. The van der Waals surface area contributed by atoms with E-state index in [0.717, 1.165) is 11.8 Å². The molecule has 0 radical (unpaired) electrons. The molecule has 2 atom stereocenters. The normalized spacial score (nSPS) is 26.4. The van der Waals surface area contributed by atoms with Gasteiger partial charge >= 0.3 is 0 Å². The zero-order chi connectivity index (χ0) is 13.9. The first-order valence-corrected chi connectivity index (χ1v) is 9.17. The van der Waals surface area contributed by atoms with Crippen molar-refractivity contribution in [2.24, 2.45) is 17.6 Å². The van der Waals surface area contributed by atoms with Crippen LogP contribution in [-0.2, 0) is 6.54 Å². The van der Waals surface area contributed by atoms with Crippen LogP contribution in [0, 0.1) is 11.8 Å². The second-order valence-electron chi connectivity index (χ2n) is 6.20. The molecule has 1 aromatic carbocycles. The molecule has 2 N–H and O–H groups in total. The third-order valence-electron chi connectivity index (χ3n) is 5.16. The van der Waals surface area contributed by atoms with Gasteiger partial charge in [-0.2, -0.15) is 0 Å². The van der Waals surface area contributed by atoms with E-state index in [1.54, 1.807) is 0 Å². The van der Waals surface area contributed by atoms with Crippen molar-refractivity contribution in [3.05, 3.63) is 23.8 Å². The van der Waals surface area contributed by atoms with Crippen LogP contribution in [0.1, 0.15) is 37.7 Å². The summed E-state index contributed by atoms with van der Waals surface area (Å²) in [5.41, 5.74) is 8.76. The molecule has 1 saturated carbocycles. The van der Waals surface area contributed by atoms with Crippen molar-refractivity contribution in [3.63, 3.8) is 0 Å². The largest absolute Gasteiger partial charge is 0.371 e. The minimum atomic E-state index is 0.650. The highest BCUT2D eigenvalue weighted by molar-refractivity contribution is 7.98. The van der Waals surface area contributed by atoms with Gasteiger partial charge in [0.15, 0.2) is 0 Å². The highest BCUT2D eigenvalue weighted by atomic mass is 32.2. The van der Waals surface area contributed by atoms with Crippen molar-refractivity contribution in [2.75, 3.05) is 24.2 Å². The van der Waals surface area contributed by atoms with E-state index in [-0.39, 0.29) is 0 Å². The first kappa shape index (κ1) is 14.3. The molecule has 1 aliphatic carbocycles. The summed E-state index contributed by atoms with van der Waals surface area (Å²) < 4.78 is 0. The summed E-state index contributed by atoms with van der Waals surface area (Å²) in [6.07, 6.45) is 9.30. The highest BCUT2D eigenvalue weighted by Crippen LogP contribution is 2.39. The summed E-state index contributed by atoms with van der Waals surface area (Å²) in [5, 5.41) is 0. The number of piperidine rings is 1. The van der Waals surface area contributed by atoms with Gasteiger partial charge in [-0.15, -0.1) is 11.8 Å². The van der Waals surface area contributed by atoms with E-state index in [1.165, 1.54) is 61.3 Å². The first-order chi connectivity index (χ1) is 9.83. The van der Waals surface area contributed by atoms with Gasteiger partial charge in [0, 0.05) is 35.8 Å². The van der Waals surface area contributed by atoms with E-state index >= 15 is 0 Å². The van der Waals surface area contributed by atoms with Gasteiger partial charge in [-0.1, -0.05) is 25.3 Å². The topological polar surface area (TPSA) is 29.3 Å². The minimum Gasteiger partial charge on any atom is -0.371 e. The van der Waals surface area contributed by atoms with Crippen LogP contribution < -0.4 is 10.6 Å². The molecular formula is C17H26N2S. The number of hydrogen-bond acceptors (Lipinski definition) is 3. The minimum absolute atomic E-state index is 0.650. The summed E-state index contributed by atoms with van der Waals surface area (Å²) in [5.74, 6) is 1.91. The summed E-state index contributed by atoms with van der Waals surface area (Å²) >= 11 is 1.81. The molecule has 2 fully saturated rings. The van der Waals surface area contributed by atoms with Crippen LogP contribution in [-0.4, -0.2) is 19.3 Å². The van der Waals surface area contributed by atoms with Crippen LogP contribution in [0.5, 0.6) is 0 Å². The molecule has 1 aromatic rings. The second kappa shape index (κ2) is 6.40. The van der Waals surface area contributed by atoms with Crippen molar-refractivity contribution in [1.29, 1.82) is 0 Å². The Bertz CT molecular complexity index is 460. The fourth-order valence-corrected chi connectivity index (χ4v) is 4.72. The Labute approximate surface area is 127 Å². The molecule has 20 heavy (non-hydrogen) atoms. The number of rotatable bonds is 3. The molecule has 1 saturated heterocycles. The van der Waals surface area contributed by atoms with Crippen molar-refractivity contribution < 1.29 is 0 Å². The van der Waals surface area contributed by atoms with Gasteiger partial charge in [-0.25, -0.2) is 0 Å². The molecule has 0 aromatic heterocycles. The lowest BCUT2D eigenvalue weighted by Crippen LogP contribution is -2.42. The maximum atomic E-state index is 6.03. The maximum absolute atomic E-state index is 6.03. The number of fused-ring (bicyclic) bond motifs is 1. The van der Waals surface area contributed by atoms with Crippen molar-refractivity contribution in [3.8, 4) is 0 Å². The van der Waals surface area contributed by atoms with Gasteiger partial charge in [0.2, 0.25) is 0 Å². The molecule has 2 aliphatic rings. The maximum Gasteiger partial charge on any atom is 0.0423 e. The molecule has 2 unspecified atom stereocenters. The molecule has 3 rings (SSSR count). The van der Waals surface area contributed by atoms with E-state index < -0.39 is 0 Å². The third kappa shape index (κ3) is 2.71. The van der Waals surface area contributed by atoms with Gasteiger partial charge in [0.25, 0.3) is 0 Å². The Morgan fingerprint density at radius 2 is 2.00 bits per heavy atom. The van der Waals surface area contributed by atoms with E-state index in [4.69, 9.17) is 5.73 Å². The van der Waals surface area contributed by atoms with E-state index in [1.807, 2.05) is 11.8 Å². The van der Waals surface area contributed by atoms with Crippen LogP contribution in [0.3, 0.4) is 0 Å². The van der Waals surface area contributed by atoms with E-state index in [9.17, 15) is 0 Å². The number of nitrogens with zero attached hydrogens (tertiary/aromatic N) is 1. The molecule has 0 spiro atoms. The van der Waals surface area contributed by atoms with Crippen molar-refractivity contribution in [1.82, 2.24) is 0 Å². The molecule has 0 amide bonds. The van der Waals surface area contributed by atoms with Gasteiger partial charge < -0.3 is 10.6 Å². The lowest BCUT2D eigenvalue weighted by molar-refractivity contribution is 0.202. The average Bonchev–Trinajstić information content (AvgIpc) is 2.53. The summed E-state index contributed by atoms with van der Waals surface area (Å²) in [7, 11) is 0. The number of thioether (sulfide) groups is 1. The number of hydrogen-bond donors (Lipinski definition) is 1. The zero-order valence-electron chi connectivity index (χ0n) is 12.5. The Balaban J connectivity index is 1.82. The summed E-state index contributed by atoms with van der Waals surface area (Å²) in [6, 6.07) is 6.65. The van der Waals surface area contributed by atoms with Crippen molar-refractivity contribution in [2.45, 2.75) is 43.5 Å². The van der Waals surface area contributed by atoms with Crippen molar-refractivity contribution >= 4 is 17.4 Å². The van der Waals surface area contributed by atoms with Crippen LogP contribution in [0.2, 0.25) is 0 Å². The Morgan fingerprint density at radius 3 is 2.75 bits per heavy atom. The standard InChI is InChI=1S/C17H26N2S/c1-20-17-8-4-7-16(15(17)11-18)19-10-9-13-5-2-3-6-14(13)12-19/h4,7-8,13-14H,2-3,5-6,9-12,18H2,1H3. The Morgan fingerprint density at radius 1 is 1.20 bits per heavy atom. The predicted octanol–water partition coefficient (Wildman–Crippen LogP) is 3.88. The molecule has 110 valence electrons. The lowest BCUT2D eigenvalue weighted by Gasteiger charge is -2.43. The number of anilines is 1. The Kier molecular flexibility index (Phi) is 4.57. The molecule has 2 nitrogen and oxygen atoms in total. The van der Waals surface area contributed by atoms with Crippen LogP contribution in [0.25, 0.3) is 0 Å². The first-order valence-electron chi connectivity index (χ1n) is 7.94. The fraction of sp³-hybridized carbons (Fsp3) is 0.647. The smallest absolute Gasteiger partial charge is 0.0423 e. The molecule has 0 bridgehead atoms. The van der Waals surface area contributed by atoms with Gasteiger partial charge in [-0.3, -0.25) is 0 Å². The highest BCUT2D eigenvalue weighted by Gasteiger charge is 2.31. The third-order valence-corrected chi connectivity index (χ3v) is 5.99. The zero-order valence-corrected chi connectivity index (χ0v) is 13.3. The molecule has 1 aliphatic heterocycles. The average molecular weight is 290 g/mol. The summed E-state index contributed by atoms with van der Waals surface area (Å²) in [4.78, 5) is 3.95. The molecule has 1 heterocycles. The van der Waals surface area contributed by atoms with E-state index in [2.05, 4.69) is 29.4 Å². The Hall–Kier alpha value is -0.670. The number of nitrogens with two attached hydrogens (primary N) is 1. The van der Waals surface area contributed by atoms with Gasteiger partial charge in [0.1, 0.15) is 0 Å². The SMILES string of the molecule is CSc1cccc(N2CCC3CCCCC3C2)c1CN.